The molecule has 1 saturated carbocycles. The normalized spacial score (nSPS) is 23.9. The molecule has 2 N–H and O–H groups in total. The van der Waals surface area contributed by atoms with Gasteiger partial charge in [-0.05, 0) is 38.5 Å². The van der Waals surface area contributed by atoms with Crippen molar-refractivity contribution in [2.45, 2.75) is 57.0 Å². The Bertz CT molecular complexity index is 667. The molecule has 30 heavy (non-hydrogen) atoms. The fourth-order valence-electron chi connectivity index (χ4n) is 3.93. The van der Waals surface area contributed by atoms with Crippen molar-refractivity contribution < 1.29 is 24.0 Å². The molecule has 165 valence electrons. The summed E-state index contributed by atoms with van der Waals surface area (Å²) in [5.41, 5.74) is -0.0492. The Labute approximate surface area is 182 Å². The number of rotatable bonds is 11. The quantitative estimate of drug-likeness (QED) is 0.278. The van der Waals surface area contributed by atoms with Crippen LogP contribution in [-0.4, -0.2) is 72.6 Å². The zero-order valence-electron chi connectivity index (χ0n) is 17.8. The summed E-state index contributed by atoms with van der Waals surface area (Å²) < 4.78 is 0. The van der Waals surface area contributed by atoms with E-state index in [1.807, 2.05) is 0 Å². The highest BCUT2D eigenvalue weighted by atomic mass is 32.2. The second kappa shape index (κ2) is 12.1. The lowest BCUT2D eigenvalue weighted by Crippen LogP contribution is -2.38. The highest BCUT2D eigenvalue weighted by molar-refractivity contribution is 8.00. The summed E-state index contributed by atoms with van der Waals surface area (Å²) in [6.45, 7) is 2.32. The van der Waals surface area contributed by atoms with Crippen molar-refractivity contribution >= 4 is 48.4 Å². The highest BCUT2D eigenvalue weighted by Crippen LogP contribution is 2.32. The van der Waals surface area contributed by atoms with Gasteiger partial charge in [0.1, 0.15) is 0 Å². The van der Waals surface area contributed by atoms with Crippen LogP contribution in [0.25, 0.3) is 0 Å². The molecular formula is C20H31BN3O5S. The van der Waals surface area contributed by atoms with E-state index in [1.165, 1.54) is 30.9 Å². The van der Waals surface area contributed by atoms with E-state index in [9.17, 15) is 24.0 Å². The largest absolute Gasteiger partial charge is 0.359 e. The maximum atomic E-state index is 12.6. The van der Waals surface area contributed by atoms with Crippen LogP contribution in [0.5, 0.6) is 0 Å². The van der Waals surface area contributed by atoms with Crippen molar-refractivity contribution in [3.63, 3.8) is 0 Å². The topological polar surface area (TPSA) is 113 Å². The van der Waals surface area contributed by atoms with E-state index in [0.717, 1.165) is 25.7 Å². The predicted octanol–water partition coefficient (Wildman–Crippen LogP) is 0.575. The Hall–Kier alpha value is -1.84. The van der Waals surface area contributed by atoms with Crippen LogP contribution in [0.2, 0.25) is 6.32 Å². The molecule has 1 unspecified atom stereocenters. The van der Waals surface area contributed by atoms with Crippen LogP contribution >= 0.6 is 11.8 Å². The lowest BCUT2D eigenvalue weighted by atomic mass is 9.69. The smallest absolute Gasteiger partial charge is 0.242 e. The number of amides is 4. The van der Waals surface area contributed by atoms with Gasteiger partial charge in [-0.2, -0.15) is 0 Å². The van der Waals surface area contributed by atoms with Crippen LogP contribution in [0.4, 0.5) is 0 Å². The standard InChI is InChI=1S/C20H31BN3O5S/c1-13(25)21-8-7-17(26)23-9-10-30-16-11-18(27)24(20(16)29)12-14-3-5-15(6-4-14)19(28)22-2/h14-16H,3-12H2,1-2H3,(H,22,28)(H,23,26). The molecular weight excluding hydrogens is 405 g/mol. The average Bonchev–Trinajstić information content (AvgIpc) is 2.98. The van der Waals surface area contributed by atoms with Gasteiger partial charge >= 0.3 is 0 Å². The lowest BCUT2D eigenvalue weighted by Gasteiger charge is -2.29. The zero-order chi connectivity index (χ0) is 22.1. The molecule has 0 aromatic carbocycles. The molecule has 10 heteroatoms. The van der Waals surface area contributed by atoms with E-state index < -0.39 is 0 Å². The predicted molar refractivity (Wildman–Crippen MR) is 116 cm³/mol. The van der Waals surface area contributed by atoms with Crippen LogP contribution in [0.1, 0.15) is 45.4 Å². The summed E-state index contributed by atoms with van der Waals surface area (Å²) in [6.07, 6.45) is 4.18. The molecule has 1 saturated heterocycles. The van der Waals surface area contributed by atoms with Gasteiger partial charge in [0.05, 0.1) is 10.9 Å². The van der Waals surface area contributed by atoms with Crippen molar-refractivity contribution in [3.05, 3.63) is 0 Å². The van der Waals surface area contributed by atoms with Gasteiger partial charge in [0.2, 0.25) is 30.9 Å². The van der Waals surface area contributed by atoms with E-state index in [-0.39, 0.29) is 59.2 Å². The third-order valence-electron chi connectivity index (χ3n) is 5.65. The van der Waals surface area contributed by atoms with Crippen molar-refractivity contribution in [2.75, 3.05) is 25.9 Å². The first-order valence-electron chi connectivity index (χ1n) is 10.6. The van der Waals surface area contributed by atoms with Gasteiger partial charge < -0.3 is 15.4 Å². The third kappa shape index (κ3) is 7.45. The molecule has 1 radical (unpaired) electrons. The Morgan fingerprint density at radius 2 is 1.87 bits per heavy atom. The summed E-state index contributed by atoms with van der Waals surface area (Å²) in [7, 11) is 3.13. The van der Waals surface area contributed by atoms with E-state index in [1.54, 1.807) is 7.05 Å². The minimum Gasteiger partial charge on any atom is -0.359 e. The molecule has 1 aliphatic heterocycles. The first kappa shape index (κ1) is 24.4. The maximum Gasteiger partial charge on any atom is 0.242 e. The molecule has 0 spiro atoms. The minimum absolute atomic E-state index is 0.0371. The van der Waals surface area contributed by atoms with Crippen molar-refractivity contribution in [1.29, 1.82) is 0 Å². The molecule has 0 bridgehead atoms. The van der Waals surface area contributed by atoms with Gasteiger partial charge in [-0.1, -0.05) is 6.32 Å². The van der Waals surface area contributed by atoms with Gasteiger partial charge in [0.25, 0.3) is 0 Å². The molecule has 2 aliphatic rings. The van der Waals surface area contributed by atoms with Crippen molar-refractivity contribution in [3.8, 4) is 0 Å². The number of nitrogens with zero attached hydrogens (tertiary/aromatic N) is 1. The van der Waals surface area contributed by atoms with Crippen LogP contribution in [0, 0.1) is 11.8 Å². The summed E-state index contributed by atoms with van der Waals surface area (Å²) in [4.78, 5) is 60.6. The number of carbonyl (C=O) groups excluding carboxylic acids is 5. The maximum absolute atomic E-state index is 12.6. The van der Waals surface area contributed by atoms with Gasteiger partial charge in [-0.25, -0.2) is 0 Å². The van der Waals surface area contributed by atoms with Gasteiger partial charge in [-0.15, -0.1) is 11.8 Å². The van der Waals surface area contributed by atoms with Crippen LogP contribution in [-0.2, 0) is 24.0 Å². The second-order valence-electron chi connectivity index (χ2n) is 7.94. The van der Waals surface area contributed by atoms with Gasteiger partial charge in [0, 0.05) is 44.6 Å². The molecule has 1 aliphatic carbocycles. The molecule has 0 aromatic rings. The van der Waals surface area contributed by atoms with Crippen molar-refractivity contribution in [2.24, 2.45) is 11.8 Å². The van der Waals surface area contributed by atoms with Gasteiger partial charge in [0.15, 0.2) is 0 Å². The summed E-state index contributed by atoms with van der Waals surface area (Å²) in [5, 5.41) is 5.07. The Morgan fingerprint density at radius 3 is 2.50 bits per heavy atom. The second-order valence-corrected chi connectivity index (χ2v) is 9.25. The molecule has 1 heterocycles. The van der Waals surface area contributed by atoms with Crippen molar-refractivity contribution in [1.82, 2.24) is 15.5 Å². The lowest BCUT2D eigenvalue weighted by molar-refractivity contribution is -0.139. The first-order chi connectivity index (χ1) is 14.3. The number of carbonyl (C=O) groups is 5. The number of hydrogen-bond acceptors (Lipinski definition) is 6. The minimum atomic E-state index is -0.386. The SMILES string of the molecule is CNC(=O)C1CCC(CN2C(=O)CC(SCCNC(=O)CC[B]C(C)=O)C2=O)CC1. The van der Waals surface area contributed by atoms with Crippen LogP contribution in [0.3, 0.4) is 0 Å². The molecule has 1 atom stereocenters. The van der Waals surface area contributed by atoms with Gasteiger partial charge in [-0.3, -0.25) is 24.1 Å². The Morgan fingerprint density at radius 1 is 1.17 bits per heavy atom. The summed E-state index contributed by atoms with van der Waals surface area (Å²) >= 11 is 1.40. The fourth-order valence-corrected chi connectivity index (χ4v) is 4.97. The Balaban J connectivity index is 1.66. The first-order valence-corrected chi connectivity index (χ1v) is 11.6. The highest BCUT2D eigenvalue weighted by Gasteiger charge is 2.40. The average molecular weight is 436 g/mol. The number of hydrogen-bond donors (Lipinski definition) is 2. The monoisotopic (exact) mass is 436 g/mol. The molecule has 8 nitrogen and oxygen atoms in total. The third-order valence-corrected chi connectivity index (χ3v) is 6.86. The molecule has 0 aromatic heterocycles. The molecule has 4 amide bonds. The molecule has 2 rings (SSSR count). The molecule has 2 fully saturated rings. The fraction of sp³-hybridized carbons (Fsp3) is 0.750. The van der Waals surface area contributed by atoms with E-state index in [0.29, 0.717) is 25.2 Å². The number of nitrogens with one attached hydrogen (secondary N) is 2. The van der Waals surface area contributed by atoms with E-state index >= 15 is 0 Å². The van der Waals surface area contributed by atoms with Crippen LogP contribution < -0.4 is 10.6 Å². The van der Waals surface area contributed by atoms with E-state index in [2.05, 4.69) is 10.6 Å². The number of thioether (sulfide) groups is 1. The Kier molecular flexibility index (Phi) is 9.87. The number of imide groups is 1. The van der Waals surface area contributed by atoms with E-state index in [4.69, 9.17) is 0 Å². The zero-order valence-corrected chi connectivity index (χ0v) is 18.6. The van der Waals surface area contributed by atoms with Crippen LogP contribution in [0.15, 0.2) is 0 Å². The summed E-state index contributed by atoms with van der Waals surface area (Å²) in [6, 6.07) is 0. The number of likely N-dealkylation sites (tertiary alicyclic amines) is 1. The summed E-state index contributed by atoms with van der Waals surface area (Å²) in [5.74, 6) is 0.522.